The number of rotatable bonds is 13. The number of carboxylic acids is 2. The van der Waals surface area contributed by atoms with E-state index in [2.05, 4.69) is 21.2 Å². The van der Waals surface area contributed by atoms with Crippen LogP contribution in [0, 0.1) is 5.41 Å². The first-order valence-corrected chi connectivity index (χ1v) is 18.5. The van der Waals surface area contributed by atoms with Gasteiger partial charge in [0.2, 0.25) is 11.8 Å². The number of thiophene rings is 1. The van der Waals surface area contributed by atoms with Crippen LogP contribution in [0.3, 0.4) is 0 Å². The molecule has 0 spiro atoms. The van der Waals surface area contributed by atoms with Crippen LogP contribution in [0.4, 0.5) is 14.5 Å². The van der Waals surface area contributed by atoms with Crippen molar-refractivity contribution in [3.8, 4) is 0 Å². The summed E-state index contributed by atoms with van der Waals surface area (Å²) in [5.41, 5.74) is -6.05. The van der Waals surface area contributed by atoms with Crippen LogP contribution in [0.1, 0.15) is 48.8 Å². The van der Waals surface area contributed by atoms with E-state index < -0.39 is 85.1 Å². The van der Waals surface area contributed by atoms with Gasteiger partial charge in [0.25, 0.3) is 5.91 Å². The number of nitrogens with zero attached hydrogens (tertiary/aromatic N) is 2. The largest absolute Gasteiger partial charge is 0.481 e. The number of carboxylic acid groups (broad SMARTS) is 2. The third kappa shape index (κ3) is 9.36. The summed E-state index contributed by atoms with van der Waals surface area (Å²) in [6, 6.07) is 8.09. The third-order valence-corrected chi connectivity index (χ3v) is 10.7. The molecule has 0 aliphatic carbocycles. The van der Waals surface area contributed by atoms with Crippen molar-refractivity contribution in [2.45, 2.75) is 57.5 Å². The zero-order valence-electron chi connectivity index (χ0n) is 27.4. The molecule has 276 valence electrons. The van der Waals surface area contributed by atoms with Crippen LogP contribution in [0.15, 0.2) is 53.0 Å². The fourth-order valence-electron chi connectivity index (χ4n) is 5.49. The number of ether oxygens (including phenoxy) is 1. The Labute approximate surface area is 302 Å². The standard InChI is InChI=1S/C32H35BrF2N3O11PS/c1-31(2,3)27(36-28(43)24-13-17-12-18(4-9-23(17)51-24)32(34,35)50(46,47)48)30(45)38-15-21(49-16-26(41)42)14-22(38)29(44)37(11-10-25(39)40)20-7-5-19(33)6-8-20/h4-9,12-13,21-22,27H,10-11,14-16H2,1-3H3,(H,36,43)(H,39,40)(H,41,42)(H2,46,47,48)/t21-,22+,27-/m1/s1. The number of carbonyl (C=O) groups is 5. The second-order valence-corrected chi connectivity index (χ2v) is 16.5. The Balaban J connectivity index is 1.66. The van der Waals surface area contributed by atoms with E-state index >= 15 is 0 Å². The summed E-state index contributed by atoms with van der Waals surface area (Å²) < 4.78 is 46.6. The van der Waals surface area contributed by atoms with E-state index in [9.17, 15) is 47.5 Å². The summed E-state index contributed by atoms with van der Waals surface area (Å²) in [5.74, 6) is -4.59. The molecule has 0 saturated carbocycles. The molecule has 4 rings (SSSR count). The van der Waals surface area contributed by atoms with Crippen molar-refractivity contribution in [1.29, 1.82) is 0 Å². The van der Waals surface area contributed by atoms with Crippen LogP contribution in [0.5, 0.6) is 0 Å². The van der Waals surface area contributed by atoms with Crippen molar-refractivity contribution in [1.82, 2.24) is 10.2 Å². The monoisotopic (exact) mass is 817 g/mol. The molecule has 3 aromatic rings. The number of anilines is 1. The summed E-state index contributed by atoms with van der Waals surface area (Å²) in [6.45, 7) is 3.78. The van der Waals surface area contributed by atoms with Crippen LogP contribution >= 0.6 is 34.9 Å². The van der Waals surface area contributed by atoms with Gasteiger partial charge in [0.05, 0.1) is 17.4 Å². The Kier molecular flexibility index (Phi) is 12.1. The van der Waals surface area contributed by atoms with Crippen molar-refractivity contribution < 1.29 is 62.1 Å². The van der Waals surface area contributed by atoms with E-state index in [4.69, 9.17) is 14.5 Å². The molecule has 0 unspecified atom stereocenters. The molecule has 2 heterocycles. The van der Waals surface area contributed by atoms with Crippen LogP contribution in [0.25, 0.3) is 10.1 Å². The van der Waals surface area contributed by atoms with Gasteiger partial charge in [-0.2, -0.15) is 8.78 Å². The number of likely N-dealkylation sites (tertiary alicyclic amines) is 1. The Morgan fingerprint density at radius 3 is 2.27 bits per heavy atom. The molecule has 1 fully saturated rings. The number of alkyl halides is 2. The molecule has 1 saturated heterocycles. The fourth-order valence-corrected chi connectivity index (χ4v) is 7.17. The number of carbonyl (C=O) groups excluding carboxylic acids is 3. The van der Waals surface area contributed by atoms with E-state index in [1.807, 2.05) is 0 Å². The number of halogens is 3. The van der Waals surface area contributed by atoms with Crippen molar-refractivity contribution in [3.05, 3.63) is 63.4 Å². The predicted octanol–water partition coefficient (Wildman–Crippen LogP) is 4.61. The molecular weight excluding hydrogens is 783 g/mol. The number of hydrogen-bond acceptors (Lipinski definition) is 8. The number of fused-ring (bicyclic) bond motifs is 1. The molecule has 0 radical (unpaired) electrons. The highest BCUT2D eigenvalue weighted by molar-refractivity contribution is 9.10. The normalized spacial score (nSPS) is 17.3. The average molecular weight is 819 g/mol. The average Bonchev–Trinajstić information content (AvgIpc) is 3.66. The maximum absolute atomic E-state index is 14.4. The molecule has 1 aromatic heterocycles. The van der Waals surface area contributed by atoms with E-state index in [1.165, 1.54) is 21.9 Å². The number of hydrogen-bond donors (Lipinski definition) is 5. The lowest BCUT2D eigenvalue weighted by molar-refractivity contribution is -0.144. The summed E-state index contributed by atoms with van der Waals surface area (Å²) in [7, 11) is -5.85. The van der Waals surface area contributed by atoms with Crippen molar-refractivity contribution in [2.24, 2.45) is 5.41 Å². The maximum Gasteiger partial charge on any atom is 0.399 e. The number of aliphatic carboxylic acids is 2. The van der Waals surface area contributed by atoms with E-state index in [0.717, 1.165) is 23.5 Å². The van der Waals surface area contributed by atoms with E-state index in [0.29, 0.717) is 14.9 Å². The second kappa shape index (κ2) is 15.4. The summed E-state index contributed by atoms with van der Waals surface area (Å²) in [5, 5.41) is 21.4. The van der Waals surface area contributed by atoms with Crippen LogP contribution in [0.2, 0.25) is 0 Å². The van der Waals surface area contributed by atoms with Crippen LogP contribution in [-0.4, -0.2) is 92.4 Å². The van der Waals surface area contributed by atoms with Gasteiger partial charge in [-0.05, 0) is 53.3 Å². The van der Waals surface area contributed by atoms with E-state index in [-0.39, 0.29) is 29.8 Å². The summed E-state index contributed by atoms with van der Waals surface area (Å²) in [4.78, 5) is 85.6. The van der Waals surface area contributed by atoms with Crippen LogP contribution < -0.4 is 10.2 Å². The van der Waals surface area contributed by atoms with Gasteiger partial charge in [0, 0.05) is 39.9 Å². The first-order valence-electron chi connectivity index (χ1n) is 15.3. The zero-order valence-corrected chi connectivity index (χ0v) is 30.7. The SMILES string of the molecule is CC(C)(C)[C@H](NC(=O)c1cc2cc(C(F)(F)P(=O)(O)O)ccc2s1)C(=O)N1C[C@H](OCC(=O)O)C[C@H]1C(=O)N(CCC(=O)O)c1ccc(Br)cc1. The molecule has 1 aliphatic rings. The minimum Gasteiger partial charge on any atom is -0.481 e. The van der Waals surface area contributed by atoms with Crippen LogP contribution in [-0.2, 0) is 34.1 Å². The highest BCUT2D eigenvalue weighted by atomic mass is 79.9. The molecule has 14 nitrogen and oxygen atoms in total. The first kappa shape index (κ1) is 40.0. The Morgan fingerprint density at radius 2 is 1.71 bits per heavy atom. The predicted molar refractivity (Wildman–Crippen MR) is 185 cm³/mol. The van der Waals surface area contributed by atoms with E-state index in [1.54, 1.807) is 45.0 Å². The smallest absolute Gasteiger partial charge is 0.399 e. The third-order valence-electron chi connectivity index (χ3n) is 8.07. The second-order valence-electron chi connectivity index (χ2n) is 12.9. The quantitative estimate of drug-likeness (QED) is 0.150. The maximum atomic E-state index is 14.4. The molecule has 2 aromatic carbocycles. The highest BCUT2D eigenvalue weighted by Crippen LogP contribution is 2.59. The zero-order chi connectivity index (χ0) is 38.1. The summed E-state index contributed by atoms with van der Waals surface area (Å²) >= 11 is 4.21. The number of nitrogens with one attached hydrogen (secondary N) is 1. The Bertz CT molecular complexity index is 1880. The van der Waals surface area contributed by atoms with Gasteiger partial charge >= 0.3 is 25.2 Å². The van der Waals surface area contributed by atoms with Crippen molar-refractivity contribution in [3.63, 3.8) is 0 Å². The number of benzene rings is 2. The van der Waals surface area contributed by atoms with Gasteiger partial charge in [-0.3, -0.25) is 23.7 Å². The molecule has 51 heavy (non-hydrogen) atoms. The van der Waals surface area contributed by atoms with Gasteiger partial charge in [0.15, 0.2) is 0 Å². The molecule has 3 amide bonds. The molecular formula is C32H35BrF2N3O11PS. The number of amides is 3. The lowest BCUT2D eigenvalue weighted by atomic mass is 9.85. The molecule has 1 aliphatic heterocycles. The Hall–Kier alpha value is -3.80. The minimum atomic E-state index is -5.85. The summed E-state index contributed by atoms with van der Waals surface area (Å²) in [6.07, 6.45) is -1.44. The van der Waals surface area contributed by atoms with Crippen molar-refractivity contribution >= 4 is 80.3 Å². The van der Waals surface area contributed by atoms with Gasteiger partial charge in [-0.15, -0.1) is 11.3 Å². The molecule has 3 atom stereocenters. The van der Waals surface area contributed by atoms with Gasteiger partial charge in [0.1, 0.15) is 18.7 Å². The van der Waals surface area contributed by atoms with Gasteiger partial charge < -0.3 is 39.9 Å². The lowest BCUT2D eigenvalue weighted by Crippen LogP contribution is -2.58. The molecule has 0 bridgehead atoms. The Morgan fingerprint density at radius 1 is 1.06 bits per heavy atom. The first-order chi connectivity index (χ1) is 23.6. The lowest BCUT2D eigenvalue weighted by Gasteiger charge is -2.36. The van der Waals surface area contributed by atoms with Crippen molar-refractivity contribution in [2.75, 3.05) is 24.6 Å². The fraction of sp³-hybridized carbons (Fsp3) is 0.406. The molecule has 19 heteroatoms. The molecule has 5 N–H and O–H groups in total. The topological polar surface area (TPSA) is 211 Å². The van der Waals surface area contributed by atoms with Gasteiger partial charge in [-0.25, -0.2) is 4.79 Å². The van der Waals surface area contributed by atoms with Gasteiger partial charge in [-0.1, -0.05) is 42.8 Å². The minimum absolute atomic E-state index is 0.00417. The highest BCUT2D eigenvalue weighted by Gasteiger charge is 2.50.